The van der Waals surface area contributed by atoms with Gasteiger partial charge in [-0.3, -0.25) is 19.2 Å². The molecule has 14 nitrogen and oxygen atoms in total. The minimum absolute atomic E-state index is 0.0289. The molecule has 3 aliphatic heterocycles. The van der Waals surface area contributed by atoms with Gasteiger partial charge in [0, 0.05) is 12.5 Å². The summed E-state index contributed by atoms with van der Waals surface area (Å²) in [7, 11) is 0. The largest absolute Gasteiger partial charge is 0.492 e. The van der Waals surface area contributed by atoms with Crippen molar-refractivity contribution < 1.29 is 48.4 Å². The van der Waals surface area contributed by atoms with E-state index in [1.807, 2.05) is 48.5 Å². The van der Waals surface area contributed by atoms with Gasteiger partial charge in [-0.05, 0) is 118 Å². The number of nitrogens with one attached hydrogen (secondary N) is 3. The molecule has 6 rings (SSSR count). The molecule has 0 spiro atoms. The SMILES string of the molecule is O=C(O)C(Cc1cccc(CC(=O)N(CCOc2cccc(CC(C(=O)O)C3CCNC3)c2)CCOc2coc(CC(C(=O)O)C3CCNC3)c2)c1)C1CCNC1. The van der Waals surface area contributed by atoms with E-state index in [4.69, 9.17) is 13.9 Å². The molecule has 0 bridgehead atoms. The Labute approximate surface area is 333 Å². The van der Waals surface area contributed by atoms with E-state index in [-0.39, 0.29) is 62.8 Å². The van der Waals surface area contributed by atoms with Gasteiger partial charge in [0.1, 0.15) is 31.0 Å². The predicted octanol–water partition coefficient (Wildman–Crippen LogP) is 3.37. The van der Waals surface area contributed by atoms with Crippen LogP contribution in [-0.4, -0.2) is 110 Å². The van der Waals surface area contributed by atoms with Crippen LogP contribution in [0.2, 0.25) is 0 Å². The molecule has 3 aromatic rings. The van der Waals surface area contributed by atoms with Gasteiger partial charge in [-0.2, -0.15) is 0 Å². The quantitative estimate of drug-likeness (QED) is 0.0867. The van der Waals surface area contributed by atoms with Crippen molar-refractivity contribution in [1.29, 1.82) is 0 Å². The molecule has 57 heavy (non-hydrogen) atoms. The molecule has 6 N–H and O–H groups in total. The Kier molecular flexibility index (Phi) is 15.0. The first-order chi connectivity index (χ1) is 27.6. The zero-order valence-corrected chi connectivity index (χ0v) is 32.4. The van der Waals surface area contributed by atoms with Crippen molar-refractivity contribution in [2.24, 2.45) is 35.5 Å². The Hall–Kier alpha value is -4.92. The Morgan fingerprint density at radius 3 is 1.67 bits per heavy atom. The summed E-state index contributed by atoms with van der Waals surface area (Å²) < 4.78 is 17.8. The standard InChI is InChI=1S/C43H56N4O10/c48-40(21-29-4-1-3-28(17-29)19-37(41(49)50)31-7-10-44-24-31)47(14-16-56-36-22-35(57-27-36)23-39(43(53)54)33-9-12-46-26-33)13-15-55-34-6-2-5-30(18-34)20-38(42(51)52)32-8-11-45-25-32/h1-6,17-18,22,27,31-33,37-39,44-46H,7-16,19-21,23-26H2,(H,49,50)(H,51,52)(H,53,54). The maximum Gasteiger partial charge on any atom is 0.307 e. The summed E-state index contributed by atoms with van der Waals surface area (Å²) in [6.07, 6.45) is 5.05. The third-order valence-electron chi connectivity index (χ3n) is 11.8. The number of nitrogens with zero attached hydrogens (tertiary/aromatic N) is 1. The number of amides is 1. The van der Waals surface area contributed by atoms with E-state index >= 15 is 0 Å². The van der Waals surface area contributed by atoms with Gasteiger partial charge in [0.05, 0.1) is 37.3 Å². The lowest BCUT2D eigenvalue weighted by Gasteiger charge is -2.23. The number of carbonyl (C=O) groups is 4. The number of ether oxygens (including phenoxy) is 2. The maximum atomic E-state index is 13.9. The smallest absolute Gasteiger partial charge is 0.307 e. The van der Waals surface area contributed by atoms with Gasteiger partial charge in [0.2, 0.25) is 5.91 Å². The van der Waals surface area contributed by atoms with Crippen molar-refractivity contribution >= 4 is 23.8 Å². The van der Waals surface area contributed by atoms with Crippen LogP contribution in [0.5, 0.6) is 11.5 Å². The second-order valence-corrected chi connectivity index (χ2v) is 15.7. The molecule has 0 radical (unpaired) electrons. The average Bonchev–Trinajstić information content (AvgIpc) is 4.04. The molecule has 0 saturated carbocycles. The van der Waals surface area contributed by atoms with E-state index in [1.165, 1.54) is 6.26 Å². The molecule has 3 saturated heterocycles. The van der Waals surface area contributed by atoms with Crippen LogP contribution in [0.15, 0.2) is 65.3 Å². The van der Waals surface area contributed by atoms with Crippen LogP contribution in [-0.2, 0) is 44.9 Å². The minimum Gasteiger partial charge on any atom is -0.492 e. The van der Waals surface area contributed by atoms with Crippen LogP contribution in [0.1, 0.15) is 41.7 Å². The number of hydrogen-bond acceptors (Lipinski definition) is 10. The number of aliphatic carboxylic acids is 3. The normalized spacial score (nSPS) is 20.8. The van der Waals surface area contributed by atoms with Crippen LogP contribution < -0.4 is 25.4 Å². The summed E-state index contributed by atoms with van der Waals surface area (Å²) in [4.78, 5) is 51.8. The molecular formula is C43H56N4O10. The lowest BCUT2D eigenvalue weighted by molar-refractivity contribution is -0.144. The number of carbonyl (C=O) groups excluding carboxylic acids is 1. The van der Waals surface area contributed by atoms with Crippen molar-refractivity contribution in [1.82, 2.24) is 20.9 Å². The fraction of sp³-hybridized carbons (Fsp3) is 0.535. The van der Waals surface area contributed by atoms with Crippen LogP contribution in [0.25, 0.3) is 0 Å². The highest BCUT2D eigenvalue weighted by Crippen LogP contribution is 2.28. The molecule has 308 valence electrons. The van der Waals surface area contributed by atoms with Gasteiger partial charge >= 0.3 is 17.9 Å². The maximum absolute atomic E-state index is 13.9. The third kappa shape index (κ3) is 12.0. The fourth-order valence-electron chi connectivity index (χ4n) is 8.52. The molecule has 1 aromatic heterocycles. The lowest BCUT2D eigenvalue weighted by atomic mass is 9.86. The molecule has 14 heteroatoms. The second-order valence-electron chi connectivity index (χ2n) is 15.7. The molecular weight excluding hydrogens is 732 g/mol. The summed E-state index contributed by atoms with van der Waals surface area (Å²) in [5, 5.41) is 39.5. The highest BCUT2D eigenvalue weighted by atomic mass is 16.5. The Balaban J connectivity index is 1.08. The van der Waals surface area contributed by atoms with Crippen molar-refractivity contribution in [3.63, 3.8) is 0 Å². The van der Waals surface area contributed by atoms with Crippen LogP contribution >= 0.6 is 0 Å². The summed E-state index contributed by atoms with van der Waals surface area (Å²) >= 11 is 0. The monoisotopic (exact) mass is 788 g/mol. The van der Waals surface area contributed by atoms with Crippen LogP contribution in [0.4, 0.5) is 0 Å². The average molecular weight is 789 g/mol. The van der Waals surface area contributed by atoms with Gasteiger partial charge in [-0.25, -0.2) is 0 Å². The molecule has 4 heterocycles. The number of carboxylic acids is 3. The van der Waals surface area contributed by atoms with Gasteiger partial charge < -0.3 is 50.1 Å². The third-order valence-corrected chi connectivity index (χ3v) is 11.8. The summed E-state index contributed by atoms with van der Waals surface area (Å²) in [5.74, 6) is -2.47. The fourth-order valence-corrected chi connectivity index (χ4v) is 8.52. The number of rotatable bonds is 22. The molecule has 3 aliphatic rings. The summed E-state index contributed by atoms with van der Waals surface area (Å²) in [6, 6.07) is 16.7. The highest BCUT2D eigenvalue weighted by molar-refractivity contribution is 5.79. The van der Waals surface area contributed by atoms with Gasteiger partial charge in [0.25, 0.3) is 0 Å². The van der Waals surface area contributed by atoms with Crippen LogP contribution in [0.3, 0.4) is 0 Å². The number of hydrogen-bond donors (Lipinski definition) is 6. The van der Waals surface area contributed by atoms with Crippen LogP contribution in [0, 0.1) is 35.5 Å². The van der Waals surface area contributed by atoms with Crippen molar-refractivity contribution in [2.45, 2.75) is 44.9 Å². The van der Waals surface area contributed by atoms with Crippen molar-refractivity contribution in [3.05, 3.63) is 83.3 Å². The second kappa shape index (κ2) is 20.5. The van der Waals surface area contributed by atoms with E-state index in [9.17, 15) is 34.5 Å². The Morgan fingerprint density at radius 2 is 1.14 bits per heavy atom. The zero-order valence-electron chi connectivity index (χ0n) is 32.4. The topological polar surface area (TPSA) is 200 Å². The van der Waals surface area contributed by atoms with Gasteiger partial charge in [-0.15, -0.1) is 0 Å². The first-order valence-electron chi connectivity index (χ1n) is 20.2. The summed E-state index contributed by atoms with van der Waals surface area (Å²) in [6.45, 7) is 5.29. The highest BCUT2D eigenvalue weighted by Gasteiger charge is 2.33. The van der Waals surface area contributed by atoms with E-state index in [0.717, 1.165) is 55.6 Å². The van der Waals surface area contributed by atoms with E-state index in [0.29, 0.717) is 49.7 Å². The number of benzene rings is 2. The molecule has 0 aliphatic carbocycles. The first-order valence-corrected chi connectivity index (χ1v) is 20.2. The molecule has 6 unspecified atom stereocenters. The van der Waals surface area contributed by atoms with Gasteiger partial charge in [0.15, 0.2) is 5.75 Å². The van der Waals surface area contributed by atoms with Gasteiger partial charge in [-0.1, -0.05) is 36.4 Å². The minimum atomic E-state index is -0.852. The summed E-state index contributed by atoms with van der Waals surface area (Å²) in [5.41, 5.74) is 2.52. The molecule has 3 fully saturated rings. The number of furan rings is 1. The lowest BCUT2D eigenvalue weighted by Crippen LogP contribution is -2.38. The first kappa shape index (κ1) is 41.7. The zero-order chi connectivity index (χ0) is 40.1. The molecule has 1 amide bonds. The Bertz CT molecular complexity index is 1800. The molecule has 2 aromatic carbocycles. The van der Waals surface area contributed by atoms with E-state index < -0.39 is 35.7 Å². The predicted molar refractivity (Wildman–Crippen MR) is 210 cm³/mol. The molecule has 6 atom stereocenters. The van der Waals surface area contributed by atoms with Crippen molar-refractivity contribution in [3.8, 4) is 11.5 Å². The van der Waals surface area contributed by atoms with Crippen molar-refractivity contribution in [2.75, 3.05) is 65.6 Å². The number of carboxylic acid groups (broad SMARTS) is 3. The Morgan fingerprint density at radius 1 is 0.649 bits per heavy atom. The van der Waals surface area contributed by atoms with E-state index in [1.54, 1.807) is 11.0 Å². The van der Waals surface area contributed by atoms with E-state index in [2.05, 4.69) is 16.0 Å².